The van der Waals surface area contributed by atoms with Crippen molar-refractivity contribution >= 4 is 20.8 Å². The van der Waals surface area contributed by atoms with Crippen LogP contribution in [0.3, 0.4) is 0 Å². The summed E-state index contributed by atoms with van der Waals surface area (Å²) in [6, 6.07) is 0. The molecule has 0 aromatic carbocycles. The van der Waals surface area contributed by atoms with Crippen LogP contribution in [0.1, 0.15) is 25.7 Å². The minimum absolute atomic E-state index is 0.331. The van der Waals surface area contributed by atoms with Crippen LogP contribution in [0.25, 0.3) is 0 Å². The van der Waals surface area contributed by atoms with E-state index in [1.165, 1.54) is 0 Å². The lowest BCUT2D eigenvalue weighted by atomic mass is 10.1. The highest BCUT2D eigenvalue weighted by Gasteiger charge is 2.33. The third kappa shape index (κ3) is 6.09. The molecule has 0 aromatic heterocycles. The molecule has 2 aliphatic heterocycles. The van der Waals surface area contributed by atoms with E-state index in [0.717, 1.165) is 0 Å². The molecule has 124 valence electrons. The van der Waals surface area contributed by atoms with Gasteiger partial charge in [-0.2, -0.15) is 27.9 Å². The zero-order valence-corrected chi connectivity index (χ0v) is 12.7. The first kappa shape index (κ1) is 17.0. The molecule has 0 amide bonds. The molecule has 2 rings (SSSR count). The molecular weight excluding hydrogens is 328 g/mol. The van der Waals surface area contributed by atoms with Gasteiger partial charge >= 0.3 is 20.8 Å². The van der Waals surface area contributed by atoms with Crippen LogP contribution in [0.5, 0.6) is 0 Å². The van der Waals surface area contributed by atoms with Gasteiger partial charge in [0.1, 0.15) is 0 Å². The second-order valence-corrected chi connectivity index (χ2v) is 7.14. The summed E-state index contributed by atoms with van der Waals surface area (Å²) in [5, 5.41) is 0. The van der Waals surface area contributed by atoms with Gasteiger partial charge in [-0.1, -0.05) is 0 Å². The first-order valence-electron chi connectivity index (χ1n) is 6.39. The van der Waals surface area contributed by atoms with Gasteiger partial charge in [0.15, 0.2) is 0 Å². The molecule has 0 aromatic rings. The number of hydrogen-bond donors (Lipinski definition) is 4. The summed E-state index contributed by atoms with van der Waals surface area (Å²) in [7, 11) is -9.35. The lowest BCUT2D eigenvalue weighted by molar-refractivity contribution is 0.138. The summed E-state index contributed by atoms with van der Waals surface area (Å²) in [6.07, 6.45) is -0.0590. The van der Waals surface area contributed by atoms with Gasteiger partial charge in [-0.3, -0.25) is 0 Å². The lowest BCUT2D eigenvalue weighted by Gasteiger charge is -2.19. The third-order valence-corrected chi connectivity index (χ3v) is 5.26. The predicted molar refractivity (Wildman–Crippen MR) is 69.4 cm³/mol. The van der Waals surface area contributed by atoms with Crippen molar-refractivity contribution in [3.05, 3.63) is 0 Å². The van der Waals surface area contributed by atoms with Crippen LogP contribution in [0.2, 0.25) is 0 Å². The van der Waals surface area contributed by atoms with Crippen molar-refractivity contribution in [1.29, 1.82) is 0 Å². The van der Waals surface area contributed by atoms with Crippen LogP contribution < -0.4 is 21.9 Å². The van der Waals surface area contributed by atoms with E-state index < -0.39 is 33.0 Å². The van der Waals surface area contributed by atoms with E-state index in [9.17, 15) is 16.8 Å². The monoisotopic (exact) mass is 346 g/mol. The fraction of sp³-hybridized carbons (Fsp3) is 1.00. The Morgan fingerprint density at radius 2 is 1.14 bits per heavy atom. The van der Waals surface area contributed by atoms with Gasteiger partial charge in [0.25, 0.3) is 0 Å². The zero-order chi connectivity index (χ0) is 15.3. The van der Waals surface area contributed by atoms with E-state index in [0.29, 0.717) is 38.8 Å². The Morgan fingerprint density at radius 1 is 0.714 bits per heavy atom. The Hall–Kier alpha value is -0.380. The van der Waals surface area contributed by atoms with E-state index in [1.807, 2.05) is 0 Å². The molecule has 2 aliphatic rings. The van der Waals surface area contributed by atoms with Crippen molar-refractivity contribution < 1.29 is 28.8 Å². The molecule has 2 unspecified atom stereocenters. The quantitative estimate of drug-likeness (QED) is 0.385. The maximum absolute atomic E-state index is 11.5. The van der Waals surface area contributed by atoms with Gasteiger partial charge < -0.3 is 0 Å². The van der Waals surface area contributed by atoms with Crippen molar-refractivity contribution in [2.24, 2.45) is 0 Å². The SMILES string of the molecule is O=S1(=O)OC2CCNNNNCCC(CC2)OS(=O)(=O)O1. The summed E-state index contributed by atoms with van der Waals surface area (Å²) in [6.45, 7) is 0.792. The topological polar surface area (TPSA) is 144 Å². The van der Waals surface area contributed by atoms with Gasteiger partial charge in [0.05, 0.1) is 12.2 Å². The fourth-order valence-corrected chi connectivity index (χ4v) is 4.12. The first-order chi connectivity index (χ1) is 9.86. The molecule has 0 radical (unpaired) electrons. The molecule has 0 saturated carbocycles. The molecule has 13 heteroatoms. The highest BCUT2D eigenvalue weighted by Crippen LogP contribution is 2.22. The Bertz CT molecular complexity index is 489. The van der Waals surface area contributed by atoms with Crippen LogP contribution in [0.4, 0.5) is 0 Å². The summed E-state index contributed by atoms with van der Waals surface area (Å²) >= 11 is 0. The Balaban J connectivity index is 2.19. The van der Waals surface area contributed by atoms with Crippen molar-refractivity contribution in [3.63, 3.8) is 0 Å². The molecule has 0 aliphatic carbocycles. The molecule has 2 bridgehead atoms. The molecular formula is C8H18N4O7S2. The molecule has 2 fully saturated rings. The number of nitrogens with one attached hydrogen (secondary N) is 4. The number of hydrazine groups is 3. The van der Waals surface area contributed by atoms with Crippen LogP contribution in [0, 0.1) is 0 Å². The maximum atomic E-state index is 11.5. The molecule has 2 saturated heterocycles. The number of hydrogen-bond acceptors (Lipinski definition) is 11. The molecule has 21 heavy (non-hydrogen) atoms. The molecule has 0 spiro atoms. The van der Waals surface area contributed by atoms with E-state index in [-0.39, 0.29) is 0 Å². The highest BCUT2D eigenvalue weighted by atomic mass is 32.3. The molecule has 11 nitrogen and oxygen atoms in total. The van der Waals surface area contributed by atoms with Crippen molar-refractivity contribution in [2.75, 3.05) is 13.1 Å². The second kappa shape index (κ2) is 7.26. The summed E-state index contributed by atoms with van der Waals surface area (Å²) in [5.41, 5.74) is 10.9. The largest absolute Gasteiger partial charge is 0.416 e. The minimum atomic E-state index is -4.67. The standard InChI is InChI=1S/C8H18N4O7S2/c13-20(14)17-7-1-2-8(18-21(15,16)19-20)4-6-10-12-11-9-5-3-7/h7-12H,1-6H2. The van der Waals surface area contributed by atoms with Crippen molar-refractivity contribution in [1.82, 2.24) is 21.9 Å². The van der Waals surface area contributed by atoms with E-state index in [2.05, 4.69) is 25.6 Å². The second-order valence-electron chi connectivity index (χ2n) is 4.58. The summed E-state index contributed by atoms with van der Waals surface area (Å²) in [5.74, 6) is 0. The minimum Gasteiger partial charge on any atom is -0.244 e. The average Bonchev–Trinajstić information content (AvgIpc) is 2.36. The van der Waals surface area contributed by atoms with Gasteiger partial charge in [-0.15, -0.1) is 3.63 Å². The van der Waals surface area contributed by atoms with Gasteiger partial charge in [0, 0.05) is 13.1 Å². The zero-order valence-electron chi connectivity index (χ0n) is 11.1. The van der Waals surface area contributed by atoms with Crippen LogP contribution >= 0.6 is 0 Å². The van der Waals surface area contributed by atoms with Gasteiger partial charge in [-0.25, -0.2) is 19.2 Å². The maximum Gasteiger partial charge on any atom is 0.416 e. The Kier molecular flexibility index (Phi) is 5.87. The predicted octanol–water partition coefficient (Wildman–Crippen LogP) is -2.05. The highest BCUT2D eigenvalue weighted by molar-refractivity contribution is 7.95. The number of rotatable bonds is 0. The van der Waals surface area contributed by atoms with Crippen molar-refractivity contribution in [2.45, 2.75) is 37.9 Å². The smallest absolute Gasteiger partial charge is 0.244 e. The van der Waals surface area contributed by atoms with Gasteiger partial charge in [-0.05, 0) is 25.7 Å². The third-order valence-electron chi connectivity index (χ3n) is 2.91. The van der Waals surface area contributed by atoms with Crippen LogP contribution in [-0.4, -0.2) is 42.1 Å². The number of fused-ring (bicyclic) bond motifs is 3. The molecule has 2 heterocycles. The fourth-order valence-electron chi connectivity index (χ4n) is 2.00. The van der Waals surface area contributed by atoms with Crippen LogP contribution in [-0.2, 0) is 32.8 Å². The first-order valence-corrected chi connectivity index (χ1v) is 9.06. The Morgan fingerprint density at radius 3 is 1.57 bits per heavy atom. The molecule has 2 atom stereocenters. The summed E-state index contributed by atoms with van der Waals surface area (Å²) < 4.78 is 59.7. The van der Waals surface area contributed by atoms with E-state index >= 15 is 0 Å². The van der Waals surface area contributed by atoms with Gasteiger partial charge in [0.2, 0.25) is 0 Å². The van der Waals surface area contributed by atoms with Crippen LogP contribution in [0.15, 0.2) is 0 Å². The van der Waals surface area contributed by atoms with Crippen molar-refractivity contribution in [3.8, 4) is 0 Å². The molecule has 4 N–H and O–H groups in total. The van der Waals surface area contributed by atoms with E-state index in [4.69, 9.17) is 8.37 Å². The Labute approximate surface area is 123 Å². The van der Waals surface area contributed by atoms with E-state index in [1.54, 1.807) is 0 Å². The normalized spacial score (nSPS) is 34.7. The summed E-state index contributed by atoms with van der Waals surface area (Å²) in [4.78, 5) is 0. The average molecular weight is 346 g/mol. The lowest BCUT2D eigenvalue weighted by Crippen LogP contribution is -2.52.